The molecule has 0 atom stereocenters. The van der Waals surface area contributed by atoms with Gasteiger partial charge >= 0.3 is 6.92 Å². The van der Waals surface area contributed by atoms with E-state index in [4.69, 9.17) is 16.3 Å². The molecule has 1 saturated carbocycles. The average Bonchev–Trinajstić information content (AvgIpc) is 3.07. The first-order valence-corrected chi connectivity index (χ1v) is 7.65. The van der Waals surface area contributed by atoms with Gasteiger partial charge in [-0.05, 0) is 61.4 Å². The van der Waals surface area contributed by atoms with Gasteiger partial charge in [-0.15, -0.1) is 0 Å². The van der Waals surface area contributed by atoms with Crippen molar-refractivity contribution in [3.63, 3.8) is 0 Å². The van der Waals surface area contributed by atoms with E-state index in [0.717, 1.165) is 11.3 Å². The second-order valence-electron chi connectivity index (χ2n) is 7.26. The summed E-state index contributed by atoms with van der Waals surface area (Å²) in [5.74, 6) is 0.707. The molecule has 0 bridgehead atoms. The van der Waals surface area contributed by atoms with Gasteiger partial charge in [0.2, 0.25) is 0 Å². The summed E-state index contributed by atoms with van der Waals surface area (Å²) >= 11 is 6.43. The fraction of sp³-hybridized carbons (Fsp3) is 0.625. The molecule has 0 N–H and O–H groups in total. The third kappa shape index (κ3) is 2.34. The summed E-state index contributed by atoms with van der Waals surface area (Å²) < 4.78 is 6.26. The molecular formula is C16H22BClO. The van der Waals surface area contributed by atoms with Crippen LogP contribution in [-0.4, -0.2) is 12.5 Å². The summed E-state index contributed by atoms with van der Waals surface area (Å²) in [4.78, 5) is 0. The Labute approximate surface area is 121 Å². The van der Waals surface area contributed by atoms with E-state index in [1.807, 2.05) is 0 Å². The quantitative estimate of drug-likeness (QED) is 0.734. The summed E-state index contributed by atoms with van der Waals surface area (Å²) in [7, 11) is 0. The van der Waals surface area contributed by atoms with Crippen LogP contribution in [0.1, 0.15) is 52.0 Å². The molecule has 1 aromatic rings. The smallest absolute Gasteiger partial charge is 0.328 e. The lowest BCUT2D eigenvalue weighted by Crippen LogP contribution is -2.36. The second kappa shape index (κ2) is 4.26. The number of hydrogen-bond acceptors (Lipinski definition) is 1. The normalized spacial score (nSPS) is 24.8. The molecular weight excluding hydrogens is 254 g/mol. The van der Waals surface area contributed by atoms with Crippen LogP contribution in [0.15, 0.2) is 18.2 Å². The van der Waals surface area contributed by atoms with Crippen LogP contribution in [0.2, 0.25) is 11.3 Å². The molecule has 1 aromatic carbocycles. The topological polar surface area (TPSA) is 9.23 Å². The van der Waals surface area contributed by atoms with Crippen molar-refractivity contribution in [2.75, 3.05) is 0 Å². The molecule has 3 rings (SSSR count). The molecule has 1 heterocycles. The summed E-state index contributed by atoms with van der Waals surface area (Å²) in [6.45, 7) is 9.12. The Morgan fingerprint density at radius 1 is 1.21 bits per heavy atom. The molecule has 0 unspecified atom stereocenters. The lowest BCUT2D eigenvalue weighted by Gasteiger charge is -2.34. The maximum absolute atomic E-state index is 6.43. The lowest BCUT2D eigenvalue weighted by molar-refractivity contribution is 0.0375. The van der Waals surface area contributed by atoms with E-state index in [1.54, 1.807) is 0 Å². The molecule has 2 aliphatic rings. The summed E-state index contributed by atoms with van der Waals surface area (Å²) in [5.41, 5.74) is 2.66. The lowest BCUT2D eigenvalue weighted by atomic mass is 9.54. The fourth-order valence-corrected chi connectivity index (χ4v) is 3.26. The number of hydrogen-bond donors (Lipinski definition) is 0. The van der Waals surface area contributed by atoms with E-state index in [1.165, 1.54) is 23.9 Å². The van der Waals surface area contributed by atoms with Crippen LogP contribution in [0.5, 0.6) is 0 Å². The van der Waals surface area contributed by atoms with Gasteiger partial charge in [0.25, 0.3) is 0 Å². The van der Waals surface area contributed by atoms with E-state index < -0.39 is 0 Å². The molecule has 1 saturated heterocycles. The first-order chi connectivity index (χ1) is 8.80. The van der Waals surface area contributed by atoms with Crippen LogP contribution in [-0.2, 0) is 4.65 Å². The standard InChI is InChI=1S/C16H22BClO/c1-15(2)10-17(19-16(15,3)4)12-7-8-13(11-5-6-11)14(18)9-12/h7-9,11H,5-6,10H2,1-4H3. The van der Waals surface area contributed by atoms with Crippen LogP contribution in [0, 0.1) is 5.41 Å². The van der Waals surface area contributed by atoms with Crippen LogP contribution in [0.4, 0.5) is 0 Å². The zero-order valence-corrected chi connectivity index (χ0v) is 13.1. The van der Waals surface area contributed by atoms with Gasteiger partial charge < -0.3 is 4.65 Å². The minimum absolute atomic E-state index is 0.0840. The van der Waals surface area contributed by atoms with Crippen molar-refractivity contribution < 1.29 is 4.65 Å². The minimum atomic E-state index is -0.0840. The summed E-state index contributed by atoms with van der Waals surface area (Å²) in [6, 6.07) is 6.54. The highest BCUT2D eigenvalue weighted by molar-refractivity contribution is 6.68. The van der Waals surface area contributed by atoms with E-state index in [2.05, 4.69) is 45.9 Å². The Kier molecular flexibility index (Phi) is 3.03. The SMILES string of the molecule is CC1(C)CB(c2ccc(C3CC3)c(Cl)c2)OC1(C)C. The van der Waals surface area contributed by atoms with E-state index in [9.17, 15) is 0 Å². The maximum atomic E-state index is 6.43. The van der Waals surface area contributed by atoms with Gasteiger partial charge in [-0.1, -0.05) is 37.6 Å². The zero-order chi connectivity index (χ0) is 13.8. The fourth-order valence-electron chi connectivity index (χ4n) is 2.92. The third-order valence-electron chi connectivity index (χ3n) is 5.18. The predicted molar refractivity (Wildman–Crippen MR) is 82.6 cm³/mol. The van der Waals surface area contributed by atoms with Crippen LogP contribution >= 0.6 is 11.6 Å². The maximum Gasteiger partial charge on any atom is 0.328 e. The van der Waals surface area contributed by atoms with E-state index in [0.29, 0.717) is 5.92 Å². The van der Waals surface area contributed by atoms with Crippen molar-refractivity contribution in [1.29, 1.82) is 0 Å². The molecule has 3 heteroatoms. The highest BCUT2D eigenvalue weighted by Crippen LogP contribution is 2.46. The van der Waals surface area contributed by atoms with Crippen LogP contribution in [0.25, 0.3) is 0 Å². The van der Waals surface area contributed by atoms with Gasteiger partial charge in [-0.25, -0.2) is 0 Å². The van der Waals surface area contributed by atoms with E-state index in [-0.39, 0.29) is 17.9 Å². The van der Waals surface area contributed by atoms with Crippen molar-refractivity contribution in [3.05, 3.63) is 28.8 Å². The number of benzene rings is 1. The van der Waals surface area contributed by atoms with Gasteiger partial charge in [-0.3, -0.25) is 0 Å². The minimum Gasteiger partial charge on any atom is -0.426 e. The first-order valence-electron chi connectivity index (χ1n) is 7.27. The Hall–Kier alpha value is -0.465. The molecule has 2 fully saturated rings. The van der Waals surface area contributed by atoms with Crippen molar-refractivity contribution in [3.8, 4) is 0 Å². The van der Waals surface area contributed by atoms with E-state index >= 15 is 0 Å². The highest BCUT2D eigenvalue weighted by Gasteiger charge is 2.49. The molecule has 0 radical (unpaired) electrons. The Morgan fingerprint density at radius 3 is 2.37 bits per heavy atom. The van der Waals surface area contributed by atoms with Gasteiger partial charge in [0, 0.05) is 5.02 Å². The Balaban J connectivity index is 1.86. The molecule has 1 aliphatic heterocycles. The predicted octanol–water partition coefficient (Wildman–Crippen LogP) is 4.25. The monoisotopic (exact) mass is 276 g/mol. The van der Waals surface area contributed by atoms with Gasteiger partial charge in [0.05, 0.1) is 5.60 Å². The second-order valence-corrected chi connectivity index (χ2v) is 7.67. The first kappa shape index (κ1) is 13.5. The Bertz CT molecular complexity index is 489. The van der Waals surface area contributed by atoms with Crippen molar-refractivity contribution in [1.82, 2.24) is 0 Å². The van der Waals surface area contributed by atoms with Gasteiger partial charge in [0.15, 0.2) is 0 Å². The highest BCUT2D eigenvalue weighted by atomic mass is 35.5. The summed E-state index contributed by atoms with van der Waals surface area (Å²) in [5, 5.41) is 0.922. The van der Waals surface area contributed by atoms with Crippen LogP contribution < -0.4 is 5.46 Å². The van der Waals surface area contributed by atoms with Gasteiger partial charge in [0.1, 0.15) is 0 Å². The molecule has 0 spiro atoms. The molecule has 0 amide bonds. The number of rotatable bonds is 2. The Morgan fingerprint density at radius 2 is 1.89 bits per heavy atom. The van der Waals surface area contributed by atoms with Crippen molar-refractivity contribution in [2.45, 2.75) is 58.4 Å². The van der Waals surface area contributed by atoms with Crippen molar-refractivity contribution in [2.24, 2.45) is 5.41 Å². The molecule has 19 heavy (non-hydrogen) atoms. The van der Waals surface area contributed by atoms with Gasteiger partial charge in [-0.2, -0.15) is 0 Å². The molecule has 1 nitrogen and oxygen atoms in total. The molecule has 1 aliphatic carbocycles. The number of halogens is 1. The molecule has 0 aromatic heterocycles. The summed E-state index contributed by atoms with van der Waals surface area (Å²) in [6.07, 6.45) is 3.64. The largest absolute Gasteiger partial charge is 0.426 e. The van der Waals surface area contributed by atoms with Crippen LogP contribution in [0.3, 0.4) is 0 Å². The zero-order valence-electron chi connectivity index (χ0n) is 12.3. The average molecular weight is 277 g/mol. The van der Waals surface area contributed by atoms with Crippen molar-refractivity contribution >= 4 is 24.0 Å². The third-order valence-corrected chi connectivity index (χ3v) is 5.50. The molecule has 102 valence electrons.